The first-order chi connectivity index (χ1) is 14.5. The van der Waals surface area contributed by atoms with E-state index in [1.807, 2.05) is 0 Å². The van der Waals surface area contributed by atoms with Gasteiger partial charge in [0.05, 0.1) is 6.20 Å². The summed E-state index contributed by atoms with van der Waals surface area (Å²) in [6.45, 7) is 6.59. The van der Waals surface area contributed by atoms with Gasteiger partial charge in [-0.05, 0) is 86.1 Å². The van der Waals surface area contributed by atoms with E-state index in [1.54, 1.807) is 6.20 Å². The minimum atomic E-state index is -0.254. The van der Waals surface area contributed by atoms with Crippen LogP contribution in [0.4, 0.5) is 23.1 Å². The van der Waals surface area contributed by atoms with E-state index in [-0.39, 0.29) is 7.92 Å². The number of anilines is 4. The molecule has 0 atom stereocenters. The van der Waals surface area contributed by atoms with Gasteiger partial charge in [0.25, 0.3) is 0 Å². The fraction of sp³-hybridized carbons (Fsp3) is 0.333. The molecule has 1 aliphatic rings. The van der Waals surface area contributed by atoms with Crippen molar-refractivity contribution < 1.29 is 0 Å². The van der Waals surface area contributed by atoms with E-state index < -0.39 is 0 Å². The van der Waals surface area contributed by atoms with Crippen LogP contribution < -0.4 is 15.9 Å². The van der Waals surface area contributed by atoms with E-state index in [4.69, 9.17) is 11.6 Å². The molecule has 3 aromatic rings. The zero-order valence-electron chi connectivity index (χ0n) is 17.8. The van der Waals surface area contributed by atoms with E-state index in [0.717, 1.165) is 17.8 Å². The average molecular weight is 439 g/mol. The zero-order chi connectivity index (χ0) is 21.1. The number of hydrogen-bond acceptors (Lipinski definition) is 4. The Bertz CT molecular complexity index is 1050. The predicted molar refractivity (Wildman–Crippen MR) is 131 cm³/mol. The first kappa shape index (κ1) is 21.1. The van der Waals surface area contributed by atoms with Crippen molar-refractivity contribution in [2.75, 3.05) is 24.0 Å². The van der Waals surface area contributed by atoms with Gasteiger partial charge in [0, 0.05) is 11.4 Å². The van der Waals surface area contributed by atoms with Gasteiger partial charge in [-0.3, -0.25) is 0 Å². The number of halogens is 1. The molecular weight excluding hydrogens is 411 g/mol. The van der Waals surface area contributed by atoms with Crippen LogP contribution in [0.3, 0.4) is 0 Å². The molecule has 156 valence electrons. The number of hydrogen-bond donors (Lipinski definition) is 2. The molecule has 1 aliphatic carbocycles. The van der Waals surface area contributed by atoms with Crippen molar-refractivity contribution in [3.63, 3.8) is 0 Å². The number of aromatic nitrogens is 2. The quantitative estimate of drug-likeness (QED) is 0.349. The summed E-state index contributed by atoms with van der Waals surface area (Å²) in [6.07, 6.45) is 7.83. The Kier molecular flexibility index (Phi) is 6.55. The molecule has 30 heavy (non-hydrogen) atoms. The number of rotatable bonds is 5. The van der Waals surface area contributed by atoms with Crippen molar-refractivity contribution in [1.82, 2.24) is 9.97 Å². The first-order valence-electron chi connectivity index (χ1n) is 10.5. The third kappa shape index (κ3) is 4.94. The van der Waals surface area contributed by atoms with Gasteiger partial charge >= 0.3 is 0 Å². The molecule has 2 N–H and O–H groups in total. The summed E-state index contributed by atoms with van der Waals surface area (Å²) < 4.78 is 0. The van der Waals surface area contributed by atoms with Crippen LogP contribution in [0.25, 0.3) is 0 Å². The van der Waals surface area contributed by atoms with Crippen molar-refractivity contribution in [2.24, 2.45) is 0 Å². The van der Waals surface area contributed by atoms with Crippen molar-refractivity contribution >= 4 is 48.0 Å². The molecule has 4 rings (SSSR count). The predicted octanol–water partition coefficient (Wildman–Crippen LogP) is 6.56. The third-order valence-electron chi connectivity index (χ3n) is 5.49. The third-order valence-corrected chi connectivity index (χ3v) is 7.12. The Hall–Kier alpha value is -2.16. The topological polar surface area (TPSA) is 49.8 Å². The summed E-state index contributed by atoms with van der Waals surface area (Å²) in [5.74, 6) is 1.16. The van der Waals surface area contributed by atoms with E-state index in [1.165, 1.54) is 47.7 Å². The Labute approximate surface area is 185 Å². The number of benzene rings is 2. The fourth-order valence-electron chi connectivity index (χ4n) is 3.90. The Morgan fingerprint density at radius 2 is 1.73 bits per heavy atom. The van der Waals surface area contributed by atoms with E-state index in [2.05, 4.69) is 77.3 Å². The van der Waals surface area contributed by atoms with Gasteiger partial charge in [0.15, 0.2) is 5.82 Å². The number of nitrogens with one attached hydrogen (secondary N) is 2. The van der Waals surface area contributed by atoms with Crippen LogP contribution in [0, 0.1) is 6.92 Å². The lowest BCUT2D eigenvalue weighted by Crippen LogP contribution is -2.09. The molecule has 1 heterocycles. The summed E-state index contributed by atoms with van der Waals surface area (Å²) in [5.41, 5.74) is 6.19. The molecule has 0 radical (unpaired) electrons. The molecule has 0 unspecified atom stereocenters. The second-order valence-corrected chi connectivity index (χ2v) is 10.8. The highest BCUT2D eigenvalue weighted by Crippen LogP contribution is 2.32. The van der Waals surface area contributed by atoms with E-state index in [9.17, 15) is 0 Å². The van der Waals surface area contributed by atoms with E-state index >= 15 is 0 Å². The van der Waals surface area contributed by atoms with Crippen LogP contribution in [0.2, 0.25) is 5.02 Å². The minimum absolute atomic E-state index is 0.254. The van der Waals surface area contributed by atoms with Crippen LogP contribution in [0.1, 0.15) is 36.0 Å². The molecule has 2 aromatic carbocycles. The van der Waals surface area contributed by atoms with Crippen LogP contribution in [-0.4, -0.2) is 23.3 Å². The molecule has 0 saturated heterocycles. The molecule has 6 heteroatoms. The van der Waals surface area contributed by atoms with Gasteiger partial charge in [0.1, 0.15) is 5.02 Å². The summed E-state index contributed by atoms with van der Waals surface area (Å²) in [6, 6.07) is 13.1. The maximum Gasteiger partial charge on any atom is 0.229 e. The van der Waals surface area contributed by atoms with Crippen molar-refractivity contribution in [3.8, 4) is 0 Å². The van der Waals surface area contributed by atoms with Gasteiger partial charge in [-0.1, -0.05) is 44.1 Å². The van der Waals surface area contributed by atoms with Crippen molar-refractivity contribution in [1.29, 1.82) is 0 Å². The fourth-order valence-corrected chi connectivity index (χ4v) is 5.01. The van der Waals surface area contributed by atoms with Gasteiger partial charge in [0.2, 0.25) is 5.95 Å². The van der Waals surface area contributed by atoms with Gasteiger partial charge < -0.3 is 10.6 Å². The maximum absolute atomic E-state index is 6.42. The molecule has 1 aromatic heterocycles. The molecular formula is C24H28ClN4P. The second-order valence-electron chi connectivity index (χ2n) is 8.10. The number of aryl methyl sites for hydroxylation is 3. The molecule has 0 amide bonds. The highest BCUT2D eigenvalue weighted by Gasteiger charge is 2.13. The lowest BCUT2D eigenvalue weighted by molar-refractivity contribution is 0.711. The van der Waals surface area contributed by atoms with Crippen LogP contribution in [-0.2, 0) is 12.8 Å². The van der Waals surface area contributed by atoms with Crippen molar-refractivity contribution in [2.45, 2.75) is 39.0 Å². The molecule has 0 spiro atoms. The van der Waals surface area contributed by atoms with E-state index in [0.29, 0.717) is 16.8 Å². The Balaban J connectivity index is 1.59. The monoisotopic (exact) mass is 438 g/mol. The van der Waals surface area contributed by atoms with Crippen LogP contribution in [0.15, 0.2) is 42.6 Å². The number of nitrogens with zero attached hydrogens (tertiary/aromatic N) is 2. The highest BCUT2D eigenvalue weighted by atomic mass is 35.5. The highest BCUT2D eigenvalue weighted by molar-refractivity contribution is 7.64. The smallest absolute Gasteiger partial charge is 0.229 e. The Morgan fingerprint density at radius 1 is 0.933 bits per heavy atom. The molecule has 0 fully saturated rings. The minimum Gasteiger partial charge on any atom is -0.338 e. The lowest BCUT2D eigenvalue weighted by atomic mass is 10.0. The molecule has 0 saturated carbocycles. The summed E-state index contributed by atoms with van der Waals surface area (Å²) in [7, 11) is -0.254. The van der Waals surface area contributed by atoms with Crippen LogP contribution >= 0.6 is 19.5 Å². The van der Waals surface area contributed by atoms with Gasteiger partial charge in [-0.2, -0.15) is 4.98 Å². The summed E-state index contributed by atoms with van der Waals surface area (Å²) in [5, 5.41) is 8.60. The second kappa shape index (κ2) is 9.32. The lowest BCUT2D eigenvalue weighted by Gasteiger charge is -2.16. The molecule has 0 bridgehead atoms. The number of fused-ring (bicyclic) bond motifs is 1. The molecule has 4 nitrogen and oxygen atoms in total. The van der Waals surface area contributed by atoms with Crippen LogP contribution in [0.5, 0.6) is 0 Å². The van der Waals surface area contributed by atoms with Gasteiger partial charge in [-0.15, -0.1) is 0 Å². The largest absolute Gasteiger partial charge is 0.338 e. The summed E-state index contributed by atoms with van der Waals surface area (Å²) >= 11 is 6.42. The summed E-state index contributed by atoms with van der Waals surface area (Å²) in [4.78, 5) is 9.06. The zero-order valence-corrected chi connectivity index (χ0v) is 19.4. The normalized spacial score (nSPS) is 13.6. The standard InChI is InChI=1S/C24H28ClN4P/c1-16-9-12-22(30(2)3)21(13-16)28-23-20(25)15-26-24(29-23)27-19-11-10-17-7-5-4-6-8-18(17)14-19/h9-15H,4-8H2,1-3H3,(H2,26,27,28,29). The molecule has 0 aliphatic heterocycles. The first-order valence-corrected chi connectivity index (χ1v) is 13.1. The average Bonchev–Trinajstić information content (AvgIpc) is 2.95. The Morgan fingerprint density at radius 3 is 2.53 bits per heavy atom. The maximum atomic E-state index is 6.42. The van der Waals surface area contributed by atoms with Gasteiger partial charge in [-0.25, -0.2) is 4.98 Å². The SMILES string of the molecule is Cc1ccc(P(C)C)c(Nc2nc(Nc3ccc4c(c3)CCCCC4)ncc2Cl)c1. The van der Waals surface area contributed by atoms with Crippen molar-refractivity contribution in [3.05, 3.63) is 64.3 Å².